The summed E-state index contributed by atoms with van der Waals surface area (Å²) in [4.78, 5) is 26.5. The third-order valence-electron chi connectivity index (χ3n) is 5.24. The fourth-order valence-electron chi connectivity index (χ4n) is 3.64. The molecule has 1 N–H and O–H groups in total. The maximum atomic E-state index is 14.4. The summed E-state index contributed by atoms with van der Waals surface area (Å²) in [5.41, 5.74) is -0.443. The van der Waals surface area contributed by atoms with Crippen molar-refractivity contribution < 1.29 is 27.1 Å². The van der Waals surface area contributed by atoms with Crippen LogP contribution in [0.2, 0.25) is 0 Å². The monoisotopic (exact) mass is 441 g/mol. The lowest BCUT2D eigenvalue weighted by molar-refractivity contribution is -0.143. The van der Waals surface area contributed by atoms with Gasteiger partial charge in [0, 0.05) is 30.7 Å². The number of sulfonamides is 1. The van der Waals surface area contributed by atoms with Crippen LogP contribution < -0.4 is 5.32 Å². The molecule has 1 atom stereocenters. The Morgan fingerprint density at radius 1 is 1.17 bits per heavy atom. The van der Waals surface area contributed by atoms with Crippen LogP contribution in [-0.4, -0.2) is 68.3 Å². The fraction of sp³-hybridized carbons (Fsp3) is 0.600. The van der Waals surface area contributed by atoms with Crippen molar-refractivity contribution in [3.8, 4) is 0 Å². The van der Waals surface area contributed by atoms with E-state index in [0.29, 0.717) is 19.4 Å². The quantitative estimate of drug-likeness (QED) is 0.769. The summed E-state index contributed by atoms with van der Waals surface area (Å²) >= 11 is 0. The van der Waals surface area contributed by atoms with Crippen molar-refractivity contribution in [2.75, 3.05) is 38.2 Å². The van der Waals surface area contributed by atoms with E-state index in [9.17, 15) is 22.4 Å². The molecule has 0 radical (unpaired) electrons. The van der Waals surface area contributed by atoms with Crippen molar-refractivity contribution in [1.82, 2.24) is 9.21 Å². The van der Waals surface area contributed by atoms with E-state index < -0.39 is 38.1 Å². The molecule has 0 bridgehead atoms. The van der Waals surface area contributed by atoms with Crippen molar-refractivity contribution in [3.63, 3.8) is 0 Å². The number of amides is 2. The number of likely N-dealkylation sites (tertiary alicyclic amines) is 1. The molecule has 0 aromatic heterocycles. The molecule has 1 unspecified atom stereocenters. The van der Waals surface area contributed by atoms with Gasteiger partial charge in [-0.2, -0.15) is 4.31 Å². The van der Waals surface area contributed by atoms with Gasteiger partial charge in [-0.25, -0.2) is 12.8 Å². The zero-order chi connectivity index (χ0) is 22.1. The van der Waals surface area contributed by atoms with Gasteiger partial charge in [-0.1, -0.05) is 20.8 Å². The number of hydrogen-bond acceptors (Lipinski definition) is 5. The fourth-order valence-corrected chi connectivity index (χ4v) is 5.14. The first-order chi connectivity index (χ1) is 14.0. The summed E-state index contributed by atoms with van der Waals surface area (Å²) in [5.74, 6) is -1.41. The molecule has 2 aliphatic rings. The molecule has 0 saturated carbocycles. The molecule has 0 spiro atoms. The number of benzene rings is 1. The Hall–Kier alpha value is -2.04. The van der Waals surface area contributed by atoms with E-state index in [1.165, 1.54) is 10.4 Å². The highest BCUT2D eigenvalue weighted by atomic mass is 32.2. The summed E-state index contributed by atoms with van der Waals surface area (Å²) in [7, 11) is -4.05. The SMILES string of the molecule is CC(C)(C)C(=O)N1CCCC1C(=O)Nc1ccc(F)c(S(=O)(=O)N2CCOCC2)c1. The molecule has 166 valence electrons. The Morgan fingerprint density at radius 2 is 1.83 bits per heavy atom. The second-order valence-electron chi connectivity index (χ2n) is 8.56. The lowest BCUT2D eigenvalue weighted by Gasteiger charge is -2.30. The number of nitrogens with one attached hydrogen (secondary N) is 1. The van der Waals surface area contributed by atoms with Crippen LogP contribution in [0.5, 0.6) is 0 Å². The number of hydrogen-bond donors (Lipinski definition) is 1. The van der Waals surface area contributed by atoms with Crippen molar-refractivity contribution >= 4 is 27.5 Å². The van der Waals surface area contributed by atoms with E-state index in [-0.39, 0.29) is 37.9 Å². The number of morpholine rings is 1. The second-order valence-corrected chi connectivity index (χ2v) is 10.5. The summed E-state index contributed by atoms with van der Waals surface area (Å²) in [6, 6.07) is 2.83. The first-order valence-electron chi connectivity index (χ1n) is 10.0. The number of anilines is 1. The first kappa shape index (κ1) is 22.6. The van der Waals surface area contributed by atoms with Crippen LogP contribution in [0.3, 0.4) is 0 Å². The van der Waals surface area contributed by atoms with E-state index >= 15 is 0 Å². The number of rotatable bonds is 4. The largest absolute Gasteiger partial charge is 0.379 e. The smallest absolute Gasteiger partial charge is 0.247 e. The minimum atomic E-state index is -4.05. The van der Waals surface area contributed by atoms with Gasteiger partial charge < -0.3 is 15.0 Å². The van der Waals surface area contributed by atoms with E-state index in [1.807, 2.05) is 0 Å². The zero-order valence-electron chi connectivity index (χ0n) is 17.5. The van der Waals surface area contributed by atoms with E-state index in [2.05, 4.69) is 5.32 Å². The van der Waals surface area contributed by atoms with Crippen molar-refractivity contribution in [1.29, 1.82) is 0 Å². The van der Waals surface area contributed by atoms with Gasteiger partial charge in [0.15, 0.2) is 0 Å². The number of ether oxygens (including phenoxy) is 1. The van der Waals surface area contributed by atoms with Gasteiger partial charge >= 0.3 is 0 Å². The average molecular weight is 442 g/mol. The van der Waals surface area contributed by atoms with Gasteiger partial charge in [0.05, 0.1) is 13.2 Å². The molecule has 2 amide bonds. The number of carbonyl (C=O) groups is 2. The highest BCUT2D eigenvalue weighted by molar-refractivity contribution is 7.89. The highest BCUT2D eigenvalue weighted by Gasteiger charge is 2.38. The Kier molecular flexibility index (Phi) is 6.49. The van der Waals surface area contributed by atoms with E-state index in [1.54, 1.807) is 25.7 Å². The average Bonchev–Trinajstić information content (AvgIpc) is 3.18. The topological polar surface area (TPSA) is 96.0 Å². The summed E-state index contributed by atoms with van der Waals surface area (Å²) in [6.45, 7) is 6.66. The molecule has 30 heavy (non-hydrogen) atoms. The summed E-state index contributed by atoms with van der Waals surface area (Å²) < 4.78 is 46.3. The predicted octanol–water partition coefficient (Wildman–Crippen LogP) is 1.82. The normalized spacial score (nSPS) is 20.9. The molecule has 2 heterocycles. The van der Waals surface area contributed by atoms with Crippen LogP contribution in [0.25, 0.3) is 0 Å². The Bertz CT molecular complexity index is 923. The van der Waals surface area contributed by atoms with Gasteiger partial charge in [0.2, 0.25) is 21.8 Å². The first-order valence-corrected chi connectivity index (χ1v) is 11.5. The van der Waals surface area contributed by atoms with Crippen molar-refractivity contribution in [2.24, 2.45) is 5.41 Å². The number of nitrogens with zero attached hydrogens (tertiary/aromatic N) is 2. The summed E-state index contributed by atoms with van der Waals surface area (Å²) in [6.07, 6.45) is 1.23. The number of carbonyl (C=O) groups excluding carboxylic acids is 2. The molecule has 0 aliphatic carbocycles. The van der Waals surface area contributed by atoms with Crippen molar-refractivity contribution in [2.45, 2.75) is 44.6 Å². The molecular weight excluding hydrogens is 413 g/mol. The minimum Gasteiger partial charge on any atom is -0.379 e. The van der Waals surface area contributed by atoms with Gasteiger partial charge in [0.1, 0.15) is 16.8 Å². The van der Waals surface area contributed by atoms with Crippen LogP contribution in [0.1, 0.15) is 33.6 Å². The second kappa shape index (κ2) is 8.60. The van der Waals surface area contributed by atoms with E-state index in [0.717, 1.165) is 12.1 Å². The van der Waals surface area contributed by atoms with Crippen molar-refractivity contribution in [3.05, 3.63) is 24.0 Å². The Morgan fingerprint density at radius 3 is 2.47 bits per heavy atom. The Labute approximate surface area is 176 Å². The molecule has 2 aliphatic heterocycles. The van der Waals surface area contributed by atoms with Crippen LogP contribution in [0, 0.1) is 11.2 Å². The zero-order valence-corrected chi connectivity index (χ0v) is 18.3. The van der Waals surface area contributed by atoms with Crippen LogP contribution in [0.4, 0.5) is 10.1 Å². The number of halogens is 1. The molecule has 1 aromatic carbocycles. The standard InChI is InChI=1S/C20H28FN3O5S/c1-20(2,3)19(26)24-8-4-5-16(24)18(25)22-14-6-7-15(21)17(13-14)30(27,28)23-9-11-29-12-10-23/h6-7,13,16H,4-5,8-12H2,1-3H3,(H,22,25). The summed E-state index contributed by atoms with van der Waals surface area (Å²) in [5, 5.41) is 2.66. The molecule has 1 aromatic rings. The van der Waals surface area contributed by atoms with Gasteiger partial charge in [0.25, 0.3) is 0 Å². The molecular formula is C20H28FN3O5S. The Balaban J connectivity index is 1.80. The van der Waals surface area contributed by atoms with Crippen LogP contribution in [-0.2, 0) is 24.3 Å². The lowest BCUT2D eigenvalue weighted by Crippen LogP contribution is -2.47. The van der Waals surface area contributed by atoms with Crippen LogP contribution >= 0.6 is 0 Å². The van der Waals surface area contributed by atoms with Crippen LogP contribution in [0.15, 0.2) is 23.1 Å². The third-order valence-corrected chi connectivity index (χ3v) is 7.16. The lowest BCUT2D eigenvalue weighted by atomic mass is 9.94. The highest BCUT2D eigenvalue weighted by Crippen LogP contribution is 2.28. The maximum absolute atomic E-state index is 14.4. The van der Waals surface area contributed by atoms with E-state index in [4.69, 9.17) is 4.74 Å². The van der Waals surface area contributed by atoms with Gasteiger partial charge in [-0.3, -0.25) is 9.59 Å². The molecule has 10 heteroatoms. The predicted molar refractivity (Wildman–Crippen MR) is 109 cm³/mol. The minimum absolute atomic E-state index is 0.116. The van der Waals surface area contributed by atoms with Gasteiger partial charge in [-0.05, 0) is 31.0 Å². The molecule has 2 fully saturated rings. The molecule has 2 saturated heterocycles. The van der Waals surface area contributed by atoms with Gasteiger partial charge in [-0.15, -0.1) is 0 Å². The third kappa shape index (κ3) is 4.65. The molecule has 8 nitrogen and oxygen atoms in total. The molecule has 3 rings (SSSR count). The maximum Gasteiger partial charge on any atom is 0.247 e.